The fraction of sp³-hybridized carbons (Fsp3) is 0.833. The predicted octanol–water partition coefficient (Wildman–Crippen LogP) is -0.516. The van der Waals surface area contributed by atoms with Crippen molar-refractivity contribution in [2.45, 2.75) is 19.4 Å². The first-order chi connectivity index (χ1) is 4.33. The molecule has 1 unspecified atom stereocenters. The molecule has 0 radical (unpaired) electrons. The summed E-state index contributed by atoms with van der Waals surface area (Å²) in [5.41, 5.74) is 0. The van der Waals surface area contributed by atoms with Gasteiger partial charge in [-0.1, -0.05) is 6.92 Å². The fourth-order valence-electron chi connectivity index (χ4n) is 0.897. The molecular weight excluding hydrogens is 116 g/mol. The molecule has 0 spiro atoms. The third kappa shape index (κ3) is 1.68. The van der Waals surface area contributed by atoms with E-state index in [4.69, 9.17) is 0 Å². The van der Waals surface area contributed by atoms with E-state index in [1.165, 1.54) is 0 Å². The summed E-state index contributed by atoms with van der Waals surface area (Å²) in [6, 6.07) is 0.489. The predicted molar refractivity (Wildman–Crippen MR) is 35.1 cm³/mol. The van der Waals surface area contributed by atoms with Crippen LogP contribution in [0.1, 0.15) is 13.3 Å². The highest BCUT2D eigenvalue weighted by molar-refractivity contribution is 5.78. The van der Waals surface area contributed by atoms with E-state index in [1.54, 1.807) is 0 Å². The number of carbonyl (C=O) groups excluding carboxylic acids is 1. The van der Waals surface area contributed by atoms with Crippen LogP contribution in [0.5, 0.6) is 0 Å². The third-order valence-electron chi connectivity index (χ3n) is 1.59. The first kappa shape index (κ1) is 6.55. The molecule has 1 aliphatic heterocycles. The lowest BCUT2D eigenvalue weighted by atomic mass is 10.2. The van der Waals surface area contributed by atoms with Gasteiger partial charge < -0.3 is 10.6 Å². The Morgan fingerprint density at radius 1 is 1.78 bits per heavy atom. The van der Waals surface area contributed by atoms with Gasteiger partial charge >= 0.3 is 0 Å². The van der Waals surface area contributed by atoms with Gasteiger partial charge in [0.2, 0.25) is 5.91 Å². The van der Waals surface area contributed by atoms with Crippen LogP contribution in [0.2, 0.25) is 0 Å². The van der Waals surface area contributed by atoms with Gasteiger partial charge in [0.25, 0.3) is 0 Å². The van der Waals surface area contributed by atoms with E-state index in [0.717, 1.165) is 13.0 Å². The van der Waals surface area contributed by atoms with Gasteiger partial charge in [0.1, 0.15) is 0 Å². The molecule has 1 rings (SSSR count). The van der Waals surface area contributed by atoms with E-state index in [1.807, 2.05) is 0 Å². The highest BCUT2D eigenvalue weighted by Gasteiger charge is 2.13. The van der Waals surface area contributed by atoms with E-state index in [-0.39, 0.29) is 5.91 Å². The zero-order valence-electron chi connectivity index (χ0n) is 5.61. The average Bonchev–Trinajstić information content (AvgIpc) is 1.90. The van der Waals surface area contributed by atoms with E-state index in [9.17, 15) is 4.79 Å². The summed E-state index contributed by atoms with van der Waals surface area (Å²) in [4.78, 5) is 10.6. The second-order valence-corrected chi connectivity index (χ2v) is 2.29. The van der Waals surface area contributed by atoms with Crippen molar-refractivity contribution in [3.8, 4) is 0 Å². The SMILES string of the molecule is CCC1CNC(=O)CN1. The summed E-state index contributed by atoms with van der Waals surface area (Å²) in [6.07, 6.45) is 1.08. The van der Waals surface area contributed by atoms with E-state index in [2.05, 4.69) is 17.6 Å². The quantitative estimate of drug-likeness (QED) is 0.499. The van der Waals surface area contributed by atoms with Gasteiger partial charge in [-0.25, -0.2) is 0 Å². The Labute approximate surface area is 54.8 Å². The van der Waals surface area contributed by atoms with Crippen molar-refractivity contribution in [1.29, 1.82) is 0 Å². The van der Waals surface area contributed by atoms with Gasteiger partial charge in [-0.3, -0.25) is 4.79 Å². The molecule has 2 N–H and O–H groups in total. The summed E-state index contributed by atoms with van der Waals surface area (Å²) in [7, 11) is 0. The smallest absolute Gasteiger partial charge is 0.234 e. The topological polar surface area (TPSA) is 41.1 Å². The van der Waals surface area contributed by atoms with Crippen molar-refractivity contribution in [1.82, 2.24) is 10.6 Å². The number of piperazine rings is 1. The van der Waals surface area contributed by atoms with Gasteiger partial charge in [-0.2, -0.15) is 0 Å². The number of hydrogen-bond donors (Lipinski definition) is 2. The molecule has 52 valence electrons. The molecule has 0 aromatic carbocycles. The molecule has 3 nitrogen and oxygen atoms in total. The highest BCUT2D eigenvalue weighted by atomic mass is 16.2. The molecule has 1 amide bonds. The summed E-state index contributed by atoms with van der Waals surface area (Å²) >= 11 is 0. The standard InChI is InChI=1S/C6H12N2O/c1-2-5-3-8-6(9)4-7-5/h5,7H,2-4H2,1H3,(H,8,9). The molecule has 3 heteroatoms. The summed E-state index contributed by atoms with van der Waals surface area (Å²) in [5.74, 6) is 0.111. The van der Waals surface area contributed by atoms with Crippen molar-refractivity contribution in [3.05, 3.63) is 0 Å². The minimum absolute atomic E-state index is 0.111. The zero-order valence-corrected chi connectivity index (χ0v) is 5.61. The normalized spacial score (nSPS) is 27.7. The van der Waals surface area contributed by atoms with Crippen molar-refractivity contribution in [3.63, 3.8) is 0 Å². The van der Waals surface area contributed by atoms with Crippen LogP contribution in [0.15, 0.2) is 0 Å². The lowest BCUT2D eigenvalue weighted by Gasteiger charge is -2.22. The minimum Gasteiger partial charge on any atom is -0.353 e. The molecule has 1 aliphatic rings. The Kier molecular flexibility index (Phi) is 2.05. The molecule has 0 saturated carbocycles. The number of amides is 1. The largest absolute Gasteiger partial charge is 0.353 e. The van der Waals surface area contributed by atoms with Crippen LogP contribution < -0.4 is 10.6 Å². The average molecular weight is 128 g/mol. The van der Waals surface area contributed by atoms with Gasteiger partial charge in [0.05, 0.1) is 6.54 Å². The molecule has 1 fully saturated rings. The van der Waals surface area contributed by atoms with Crippen molar-refractivity contribution in [2.24, 2.45) is 0 Å². The van der Waals surface area contributed by atoms with Gasteiger partial charge in [-0.15, -0.1) is 0 Å². The second kappa shape index (κ2) is 2.82. The molecule has 0 bridgehead atoms. The van der Waals surface area contributed by atoms with Crippen molar-refractivity contribution in [2.75, 3.05) is 13.1 Å². The maximum atomic E-state index is 10.6. The van der Waals surface area contributed by atoms with Crippen LogP contribution in [0.25, 0.3) is 0 Å². The monoisotopic (exact) mass is 128 g/mol. The van der Waals surface area contributed by atoms with E-state index in [0.29, 0.717) is 12.6 Å². The lowest BCUT2D eigenvalue weighted by molar-refractivity contribution is -0.121. The molecule has 1 saturated heterocycles. The molecule has 0 aliphatic carbocycles. The van der Waals surface area contributed by atoms with Crippen molar-refractivity contribution >= 4 is 5.91 Å². The van der Waals surface area contributed by atoms with Crippen LogP contribution >= 0.6 is 0 Å². The summed E-state index contributed by atoms with van der Waals surface area (Å²) < 4.78 is 0. The molecule has 0 aromatic heterocycles. The van der Waals surface area contributed by atoms with Gasteiger partial charge in [0.15, 0.2) is 0 Å². The zero-order chi connectivity index (χ0) is 6.69. The van der Waals surface area contributed by atoms with Crippen LogP contribution in [0.3, 0.4) is 0 Å². The number of nitrogens with one attached hydrogen (secondary N) is 2. The molecule has 1 heterocycles. The number of carbonyl (C=O) groups is 1. The number of hydrogen-bond acceptors (Lipinski definition) is 2. The Hall–Kier alpha value is -0.570. The van der Waals surface area contributed by atoms with Gasteiger partial charge in [-0.05, 0) is 6.42 Å². The lowest BCUT2D eigenvalue weighted by Crippen LogP contribution is -2.51. The molecular formula is C6H12N2O. The minimum atomic E-state index is 0.111. The van der Waals surface area contributed by atoms with Crippen LogP contribution in [-0.2, 0) is 4.79 Å². The second-order valence-electron chi connectivity index (χ2n) is 2.29. The van der Waals surface area contributed by atoms with Crippen molar-refractivity contribution < 1.29 is 4.79 Å². The Morgan fingerprint density at radius 3 is 3.00 bits per heavy atom. The molecule has 0 aromatic rings. The van der Waals surface area contributed by atoms with E-state index < -0.39 is 0 Å². The Bertz CT molecular complexity index is 104. The van der Waals surface area contributed by atoms with Crippen LogP contribution in [0.4, 0.5) is 0 Å². The van der Waals surface area contributed by atoms with Crippen LogP contribution in [-0.4, -0.2) is 25.0 Å². The molecule has 9 heavy (non-hydrogen) atoms. The Morgan fingerprint density at radius 2 is 2.56 bits per heavy atom. The summed E-state index contributed by atoms with van der Waals surface area (Å²) in [5, 5.41) is 5.89. The maximum absolute atomic E-state index is 10.6. The van der Waals surface area contributed by atoms with E-state index >= 15 is 0 Å². The summed E-state index contributed by atoms with van der Waals surface area (Å²) in [6.45, 7) is 3.38. The Balaban J connectivity index is 2.26. The third-order valence-corrected chi connectivity index (χ3v) is 1.59. The van der Waals surface area contributed by atoms with Gasteiger partial charge in [0, 0.05) is 12.6 Å². The first-order valence-electron chi connectivity index (χ1n) is 3.33. The molecule has 1 atom stereocenters. The number of rotatable bonds is 1. The fourth-order valence-corrected chi connectivity index (χ4v) is 0.897. The van der Waals surface area contributed by atoms with Crippen LogP contribution in [0, 0.1) is 0 Å². The maximum Gasteiger partial charge on any atom is 0.234 e. The highest BCUT2D eigenvalue weighted by Crippen LogP contribution is 1.91. The first-order valence-corrected chi connectivity index (χ1v) is 3.33.